The van der Waals surface area contributed by atoms with E-state index in [0.29, 0.717) is 25.5 Å². The molecule has 0 spiro atoms. The summed E-state index contributed by atoms with van der Waals surface area (Å²) in [6.45, 7) is 1.63. The molecule has 1 aliphatic rings. The summed E-state index contributed by atoms with van der Waals surface area (Å²) in [7, 11) is 1.76. The van der Waals surface area contributed by atoms with Crippen molar-refractivity contribution >= 4 is 21.9 Å². The van der Waals surface area contributed by atoms with Crippen LogP contribution in [-0.4, -0.2) is 42.8 Å². The Labute approximate surface area is 113 Å². The quantitative estimate of drug-likeness (QED) is 0.917. The highest BCUT2D eigenvalue weighted by Crippen LogP contribution is 2.35. The molecule has 0 saturated heterocycles. The normalized spacial score (nSPS) is 13.7. The first-order valence-electron chi connectivity index (χ1n) is 5.54. The second kappa shape index (κ2) is 5.58. The molecule has 0 bridgehead atoms. The minimum atomic E-state index is -0.842. The standard InChI is InChI=1S/C12H14BrNO4/c1-14(7-12(15)16)6-8-4-10-11(5-9(8)13)18-3-2-17-10/h4-5H,2-3,6-7H2,1H3,(H,15,16). The highest BCUT2D eigenvalue weighted by Gasteiger charge is 2.16. The van der Waals surface area contributed by atoms with E-state index in [-0.39, 0.29) is 6.54 Å². The summed E-state index contributed by atoms with van der Waals surface area (Å²) in [5.41, 5.74) is 0.975. The molecule has 1 aliphatic heterocycles. The van der Waals surface area contributed by atoms with Crippen molar-refractivity contribution in [2.24, 2.45) is 0 Å². The van der Waals surface area contributed by atoms with Crippen LogP contribution in [-0.2, 0) is 11.3 Å². The van der Waals surface area contributed by atoms with Crippen LogP contribution in [0.5, 0.6) is 11.5 Å². The van der Waals surface area contributed by atoms with Gasteiger partial charge in [0.05, 0.1) is 6.54 Å². The molecule has 98 valence electrons. The van der Waals surface area contributed by atoms with E-state index in [1.807, 2.05) is 12.1 Å². The average molecular weight is 316 g/mol. The fourth-order valence-electron chi connectivity index (χ4n) is 1.80. The van der Waals surface area contributed by atoms with Gasteiger partial charge >= 0.3 is 5.97 Å². The van der Waals surface area contributed by atoms with Crippen molar-refractivity contribution in [2.75, 3.05) is 26.8 Å². The lowest BCUT2D eigenvalue weighted by Crippen LogP contribution is -2.25. The predicted octanol–water partition coefficient (Wildman–Crippen LogP) is 1.74. The maximum absolute atomic E-state index is 10.6. The van der Waals surface area contributed by atoms with Crippen LogP contribution in [0.15, 0.2) is 16.6 Å². The second-order valence-electron chi connectivity index (χ2n) is 4.15. The number of carbonyl (C=O) groups is 1. The lowest BCUT2D eigenvalue weighted by Gasteiger charge is -2.21. The third-order valence-corrected chi connectivity index (χ3v) is 3.29. The number of carboxylic acids is 1. The SMILES string of the molecule is CN(CC(=O)O)Cc1cc2c(cc1Br)OCCO2. The molecule has 1 aromatic rings. The van der Waals surface area contributed by atoms with Gasteiger partial charge in [-0.3, -0.25) is 9.69 Å². The van der Waals surface area contributed by atoms with Gasteiger partial charge in [-0.25, -0.2) is 0 Å². The van der Waals surface area contributed by atoms with Crippen LogP contribution in [0.2, 0.25) is 0 Å². The molecule has 0 aliphatic carbocycles. The Balaban J connectivity index is 2.15. The average Bonchev–Trinajstić information content (AvgIpc) is 2.29. The Morgan fingerprint density at radius 3 is 2.61 bits per heavy atom. The molecule has 5 nitrogen and oxygen atoms in total. The molecule has 18 heavy (non-hydrogen) atoms. The zero-order chi connectivity index (χ0) is 13.1. The van der Waals surface area contributed by atoms with Crippen LogP contribution in [0.25, 0.3) is 0 Å². The van der Waals surface area contributed by atoms with Gasteiger partial charge in [0.1, 0.15) is 13.2 Å². The number of fused-ring (bicyclic) bond motifs is 1. The van der Waals surface area contributed by atoms with E-state index in [9.17, 15) is 4.79 Å². The molecular weight excluding hydrogens is 302 g/mol. The van der Waals surface area contributed by atoms with Crippen LogP contribution < -0.4 is 9.47 Å². The van der Waals surface area contributed by atoms with Crippen LogP contribution >= 0.6 is 15.9 Å². The van der Waals surface area contributed by atoms with Crippen LogP contribution in [0, 0.1) is 0 Å². The lowest BCUT2D eigenvalue weighted by molar-refractivity contribution is -0.138. The van der Waals surface area contributed by atoms with E-state index in [4.69, 9.17) is 14.6 Å². The number of likely N-dealkylation sites (N-methyl/N-ethyl adjacent to an activating group) is 1. The number of benzene rings is 1. The molecule has 0 fully saturated rings. The summed E-state index contributed by atoms with van der Waals surface area (Å²) in [6, 6.07) is 3.75. The molecule has 6 heteroatoms. The minimum absolute atomic E-state index is 0.000875. The maximum atomic E-state index is 10.6. The zero-order valence-electron chi connectivity index (χ0n) is 9.98. The smallest absolute Gasteiger partial charge is 0.317 e. The first-order chi connectivity index (χ1) is 8.56. The number of ether oxygens (including phenoxy) is 2. The van der Waals surface area contributed by atoms with Gasteiger partial charge in [0, 0.05) is 11.0 Å². The molecular formula is C12H14BrNO4. The zero-order valence-corrected chi connectivity index (χ0v) is 11.6. The number of hydrogen-bond donors (Lipinski definition) is 1. The Morgan fingerprint density at radius 1 is 1.39 bits per heavy atom. The molecule has 2 rings (SSSR count). The molecule has 0 amide bonds. The molecule has 0 aromatic heterocycles. The molecule has 1 aromatic carbocycles. The van der Waals surface area contributed by atoms with Crippen molar-refractivity contribution in [2.45, 2.75) is 6.54 Å². The van der Waals surface area contributed by atoms with Crippen molar-refractivity contribution < 1.29 is 19.4 Å². The number of halogens is 1. The predicted molar refractivity (Wildman–Crippen MR) is 69.1 cm³/mol. The monoisotopic (exact) mass is 315 g/mol. The van der Waals surface area contributed by atoms with Gasteiger partial charge in [-0.2, -0.15) is 0 Å². The Kier molecular flexibility index (Phi) is 4.08. The summed E-state index contributed by atoms with van der Waals surface area (Å²) < 4.78 is 11.9. The molecule has 0 saturated carbocycles. The molecule has 1 N–H and O–H groups in total. The Hall–Kier alpha value is -1.27. The summed E-state index contributed by atoms with van der Waals surface area (Å²) in [6.07, 6.45) is 0. The highest BCUT2D eigenvalue weighted by atomic mass is 79.9. The number of hydrogen-bond acceptors (Lipinski definition) is 4. The first-order valence-corrected chi connectivity index (χ1v) is 6.34. The largest absolute Gasteiger partial charge is 0.486 e. The highest BCUT2D eigenvalue weighted by molar-refractivity contribution is 9.10. The van der Waals surface area contributed by atoms with Crippen LogP contribution in [0.1, 0.15) is 5.56 Å². The fraction of sp³-hybridized carbons (Fsp3) is 0.417. The van der Waals surface area contributed by atoms with E-state index in [1.165, 1.54) is 0 Å². The third-order valence-electron chi connectivity index (χ3n) is 2.56. The van der Waals surface area contributed by atoms with Gasteiger partial charge < -0.3 is 14.6 Å². The number of aliphatic carboxylic acids is 1. The van der Waals surface area contributed by atoms with E-state index < -0.39 is 5.97 Å². The van der Waals surface area contributed by atoms with Crippen molar-refractivity contribution in [3.05, 3.63) is 22.2 Å². The van der Waals surface area contributed by atoms with Gasteiger partial charge in [-0.1, -0.05) is 15.9 Å². The minimum Gasteiger partial charge on any atom is -0.486 e. The van der Waals surface area contributed by atoms with Crippen molar-refractivity contribution in [3.8, 4) is 11.5 Å². The summed E-state index contributed by atoms with van der Waals surface area (Å²) in [4.78, 5) is 12.3. The van der Waals surface area contributed by atoms with E-state index in [2.05, 4.69) is 15.9 Å². The van der Waals surface area contributed by atoms with Crippen LogP contribution in [0.4, 0.5) is 0 Å². The van der Waals surface area contributed by atoms with Crippen molar-refractivity contribution in [1.29, 1.82) is 0 Å². The van der Waals surface area contributed by atoms with Gasteiger partial charge in [0.2, 0.25) is 0 Å². The molecule has 0 atom stereocenters. The van der Waals surface area contributed by atoms with Crippen molar-refractivity contribution in [3.63, 3.8) is 0 Å². The van der Waals surface area contributed by atoms with Gasteiger partial charge in [-0.15, -0.1) is 0 Å². The number of carboxylic acid groups (broad SMARTS) is 1. The molecule has 0 unspecified atom stereocenters. The third kappa shape index (κ3) is 3.14. The topological polar surface area (TPSA) is 59.0 Å². The second-order valence-corrected chi connectivity index (χ2v) is 5.01. The van der Waals surface area contributed by atoms with E-state index in [1.54, 1.807) is 11.9 Å². The van der Waals surface area contributed by atoms with Crippen LogP contribution in [0.3, 0.4) is 0 Å². The molecule has 0 radical (unpaired) electrons. The maximum Gasteiger partial charge on any atom is 0.317 e. The number of nitrogens with zero attached hydrogens (tertiary/aromatic N) is 1. The lowest BCUT2D eigenvalue weighted by atomic mass is 10.2. The Bertz CT molecular complexity index is 464. The fourth-order valence-corrected chi connectivity index (χ4v) is 2.25. The summed E-state index contributed by atoms with van der Waals surface area (Å²) >= 11 is 3.46. The summed E-state index contributed by atoms with van der Waals surface area (Å²) in [5, 5.41) is 8.73. The first kappa shape index (κ1) is 13.2. The van der Waals surface area contributed by atoms with Gasteiger partial charge in [-0.05, 0) is 24.7 Å². The van der Waals surface area contributed by atoms with E-state index in [0.717, 1.165) is 15.8 Å². The van der Waals surface area contributed by atoms with Gasteiger partial charge in [0.15, 0.2) is 11.5 Å². The Morgan fingerprint density at radius 2 is 2.00 bits per heavy atom. The van der Waals surface area contributed by atoms with Crippen molar-refractivity contribution in [1.82, 2.24) is 4.90 Å². The van der Waals surface area contributed by atoms with Gasteiger partial charge in [0.25, 0.3) is 0 Å². The molecule has 1 heterocycles. The number of rotatable bonds is 4. The van der Waals surface area contributed by atoms with E-state index >= 15 is 0 Å². The summed E-state index contributed by atoms with van der Waals surface area (Å²) in [5.74, 6) is 0.590.